The molecule has 94 valence electrons. The summed E-state index contributed by atoms with van der Waals surface area (Å²) in [6.45, 7) is 0. The molecule has 0 spiro atoms. The van der Waals surface area contributed by atoms with Crippen LogP contribution in [-0.4, -0.2) is 15.8 Å². The number of aliphatic hydroxyl groups is 1. The molecule has 0 radical (unpaired) electrons. The van der Waals surface area contributed by atoms with Crippen LogP contribution < -0.4 is 0 Å². The minimum Gasteiger partial charge on any atom is -0.387 e. The molecule has 2 rings (SSSR count). The summed E-state index contributed by atoms with van der Waals surface area (Å²) < 4.78 is 26.8. The fraction of sp³-hybridized carbons (Fsp3) is 0.154. The fourth-order valence-corrected chi connectivity index (χ4v) is 2.31. The Morgan fingerprint density at radius 3 is 2.44 bits per heavy atom. The van der Waals surface area contributed by atoms with Crippen molar-refractivity contribution in [1.29, 1.82) is 0 Å². The van der Waals surface area contributed by atoms with Gasteiger partial charge in [0.15, 0.2) is 0 Å². The Hall–Kier alpha value is -1.46. The maximum Gasteiger partial charge on any atom is 0.131 e. The Morgan fingerprint density at radius 1 is 1.11 bits per heavy atom. The zero-order chi connectivity index (χ0) is 13.0. The van der Waals surface area contributed by atoms with Gasteiger partial charge in [0.25, 0.3) is 0 Å². The second-order valence-corrected chi connectivity index (χ2v) is 4.67. The van der Waals surface area contributed by atoms with Gasteiger partial charge in [-0.25, -0.2) is 13.8 Å². The molecular weight excluding hydrogens is 256 g/mol. The third-order valence-electron chi connectivity index (χ3n) is 2.36. The maximum atomic E-state index is 13.4. The topological polar surface area (TPSA) is 33.1 Å². The summed E-state index contributed by atoms with van der Waals surface area (Å²) in [6.07, 6.45) is 0.427. The Kier molecular flexibility index (Phi) is 4.28. The van der Waals surface area contributed by atoms with E-state index < -0.39 is 17.7 Å². The molecule has 2 aromatic rings. The van der Waals surface area contributed by atoms with Crippen LogP contribution in [0.5, 0.6) is 0 Å². The summed E-state index contributed by atoms with van der Waals surface area (Å²) in [6, 6.07) is 8.89. The first-order valence-corrected chi connectivity index (χ1v) is 6.33. The van der Waals surface area contributed by atoms with E-state index in [0.717, 1.165) is 12.1 Å². The van der Waals surface area contributed by atoms with E-state index in [9.17, 15) is 13.9 Å². The molecule has 5 heteroatoms. The monoisotopic (exact) mass is 267 g/mol. The molecule has 1 N–H and O–H groups in total. The SMILES string of the molecule is OC(CSc1ccccn1)c1c(F)cccc1F. The van der Waals surface area contributed by atoms with Crippen LogP contribution >= 0.6 is 11.8 Å². The lowest BCUT2D eigenvalue weighted by molar-refractivity contribution is 0.193. The van der Waals surface area contributed by atoms with Crippen molar-refractivity contribution < 1.29 is 13.9 Å². The van der Waals surface area contributed by atoms with E-state index in [-0.39, 0.29) is 11.3 Å². The minimum atomic E-state index is -1.20. The van der Waals surface area contributed by atoms with Crippen LogP contribution in [-0.2, 0) is 0 Å². The number of rotatable bonds is 4. The van der Waals surface area contributed by atoms with Crippen LogP contribution in [0.15, 0.2) is 47.6 Å². The smallest absolute Gasteiger partial charge is 0.131 e. The highest BCUT2D eigenvalue weighted by Gasteiger charge is 2.17. The lowest BCUT2D eigenvalue weighted by atomic mass is 10.1. The van der Waals surface area contributed by atoms with E-state index >= 15 is 0 Å². The predicted octanol–water partition coefficient (Wildman–Crippen LogP) is 3.19. The van der Waals surface area contributed by atoms with Crippen molar-refractivity contribution in [3.05, 3.63) is 59.8 Å². The third-order valence-corrected chi connectivity index (χ3v) is 3.38. The number of thioether (sulfide) groups is 1. The molecule has 1 aromatic carbocycles. The summed E-state index contributed by atoms with van der Waals surface area (Å²) >= 11 is 1.25. The summed E-state index contributed by atoms with van der Waals surface area (Å²) in [4.78, 5) is 4.05. The zero-order valence-electron chi connectivity index (χ0n) is 9.38. The van der Waals surface area contributed by atoms with Crippen molar-refractivity contribution in [3.63, 3.8) is 0 Å². The second kappa shape index (κ2) is 5.93. The molecule has 0 fully saturated rings. The number of pyridine rings is 1. The number of benzene rings is 1. The van der Waals surface area contributed by atoms with Gasteiger partial charge < -0.3 is 5.11 Å². The lowest BCUT2D eigenvalue weighted by Crippen LogP contribution is -2.06. The van der Waals surface area contributed by atoms with E-state index in [1.54, 1.807) is 18.3 Å². The number of hydrogen-bond acceptors (Lipinski definition) is 3. The first kappa shape index (κ1) is 13.0. The second-order valence-electron chi connectivity index (χ2n) is 3.63. The van der Waals surface area contributed by atoms with Gasteiger partial charge in [-0.1, -0.05) is 12.1 Å². The van der Waals surface area contributed by atoms with Crippen LogP contribution in [0.1, 0.15) is 11.7 Å². The summed E-state index contributed by atoms with van der Waals surface area (Å²) in [5, 5.41) is 10.5. The summed E-state index contributed by atoms with van der Waals surface area (Å²) in [7, 11) is 0. The number of aromatic nitrogens is 1. The van der Waals surface area contributed by atoms with Crippen LogP contribution in [0.25, 0.3) is 0 Å². The molecule has 1 aromatic heterocycles. The van der Waals surface area contributed by atoms with E-state index in [2.05, 4.69) is 4.98 Å². The Bertz CT molecular complexity index is 501. The Labute approximate surface area is 108 Å². The van der Waals surface area contributed by atoms with Gasteiger partial charge in [-0.05, 0) is 24.3 Å². The largest absolute Gasteiger partial charge is 0.387 e. The lowest BCUT2D eigenvalue weighted by Gasteiger charge is -2.12. The minimum absolute atomic E-state index is 0.148. The highest BCUT2D eigenvalue weighted by atomic mass is 32.2. The summed E-state index contributed by atoms with van der Waals surface area (Å²) in [5.74, 6) is -1.32. The number of halogens is 2. The Balaban J connectivity index is 2.06. The maximum absolute atomic E-state index is 13.4. The average Bonchev–Trinajstić information content (AvgIpc) is 2.37. The van der Waals surface area contributed by atoms with Gasteiger partial charge in [0, 0.05) is 11.9 Å². The highest BCUT2D eigenvalue weighted by Crippen LogP contribution is 2.26. The highest BCUT2D eigenvalue weighted by molar-refractivity contribution is 7.99. The van der Waals surface area contributed by atoms with Crippen molar-refractivity contribution in [3.8, 4) is 0 Å². The molecule has 1 unspecified atom stereocenters. The van der Waals surface area contributed by atoms with Crippen molar-refractivity contribution in [2.45, 2.75) is 11.1 Å². The number of aliphatic hydroxyl groups excluding tert-OH is 1. The van der Waals surface area contributed by atoms with E-state index in [4.69, 9.17) is 0 Å². The quantitative estimate of drug-likeness (QED) is 0.864. The molecule has 2 nitrogen and oxygen atoms in total. The van der Waals surface area contributed by atoms with Crippen LogP contribution in [0, 0.1) is 11.6 Å². The van der Waals surface area contributed by atoms with Crippen LogP contribution in [0.3, 0.4) is 0 Å². The molecule has 0 bridgehead atoms. The Morgan fingerprint density at radius 2 is 1.83 bits per heavy atom. The first-order valence-electron chi connectivity index (χ1n) is 5.34. The van der Waals surface area contributed by atoms with Gasteiger partial charge in [0.05, 0.1) is 16.7 Å². The van der Waals surface area contributed by atoms with Crippen molar-refractivity contribution in [2.24, 2.45) is 0 Å². The standard InChI is InChI=1S/C13H11F2NOS/c14-9-4-3-5-10(15)13(9)11(17)8-18-12-6-1-2-7-16-12/h1-7,11,17H,8H2. The molecule has 0 saturated heterocycles. The molecule has 0 aliphatic carbocycles. The van der Waals surface area contributed by atoms with Crippen molar-refractivity contribution in [1.82, 2.24) is 4.98 Å². The molecule has 1 heterocycles. The van der Waals surface area contributed by atoms with Gasteiger partial charge in [-0.15, -0.1) is 11.8 Å². The van der Waals surface area contributed by atoms with E-state index in [0.29, 0.717) is 5.03 Å². The predicted molar refractivity (Wildman–Crippen MR) is 66.3 cm³/mol. The number of hydrogen-bond donors (Lipinski definition) is 1. The van der Waals surface area contributed by atoms with Crippen LogP contribution in [0.4, 0.5) is 8.78 Å². The molecule has 18 heavy (non-hydrogen) atoms. The van der Waals surface area contributed by atoms with Gasteiger partial charge in [-0.2, -0.15) is 0 Å². The first-order chi connectivity index (χ1) is 8.68. The fourth-order valence-electron chi connectivity index (χ4n) is 1.51. The van der Waals surface area contributed by atoms with Gasteiger partial charge >= 0.3 is 0 Å². The van der Waals surface area contributed by atoms with Crippen molar-refractivity contribution in [2.75, 3.05) is 5.75 Å². The van der Waals surface area contributed by atoms with Crippen LogP contribution in [0.2, 0.25) is 0 Å². The number of nitrogens with zero attached hydrogens (tertiary/aromatic N) is 1. The molecule has 0 amide bonds. The van der Waals surface area contributed by atoms with Gasteiger partial charge in [0.1, 0.15) is 11.6 Å². The molecular formula is C13H11F2NOS. The zero-order valence-corrected chi connectivity index (χ0v) is 10.2. The van der Waals surface area contributed by atoms with Crippen molar-refractivity contribution >= 4 is 11.8 Å². The molecule has 1 atom stereocenters. The van der Waals surface area contributed by atoms with Gasteiger partial charge in [-0.3, -0.25) is 0 Å². The summed E-state index contributed by atoms with van der Waals surface area (Å²) in [5.41, 5.74) is -0.291. The molecule has 0 aliphatic heterocycles. The van der Waals surface area contributed by atoms with Gasteiger partial charge in [0.2, 0.25) is 0 Å². The third kappa shape index (κ3) is 3.05. The normalized spacial score (nSPS) is 12.4. The average molecular weight is 267 g/mol. The van der Waals surface area contributed by atoms with E-state index in [1.807, 2.05) is 6.07 Å². The molecule has 0 saturated carbocycles. The van der Waals surface area contributed by atoms with E-state index in [1.165, 1.54) is 17.8 Å². The molecule has 0 aliphatic rings.